The molecule has 1 saturated heterocycles. The molecule has 1 aromatic heterocycles. The van der Waals surface area contributed by atoms with Crippen molar-refractivity contribution in [1.29, 1.82) is 0 Å². The standard InChI is InChI=1S/C21H22N4O/c1-15-12-20(25-10-4-5-11-25)24-19(23-15)14-22-21(26)18-9-8-16-6-2-3-7-17(16)13-18/h2-3,6-9,12-13H,4-5,10-11,14H2,1H3,(H,22,26). The van der Waals surface area contributed by atoms with Gasteiger partial charge in [-0.2, -0.15) is 0 Å². The second-order valence-electron chi connectivity index (χ2n) is 6.72. The maximum absolute atomic E-state index is 12.5. The van der Waals surface area contributed by atoms with E-state index in [4.69, 9.17) is 0 Å². The summed E-state index contributed by atoms with van der Waals surface area (Å²) in [5, 5.41) is 5.13. The van der Waals surface area contributed by atoms with Crippen molar-refractivity contribution in [1.82, 2.24) is 15.3 Å². The van der Waals surface area contributed by atoms with Gasteiger partial charge in [0.1, 0.15) is 11.6 Å². The fourth-order valence-corrected chi connectivity index (χ4v) is 3.39. The van der Waals surface area contributed by atoms with Crippen LogP contribution in [0.4, 0.5) is 5.82 Å². The number of fused-ring (bicyclic) bond motifs is 1. The van der Waals surface area contributed by atoms with Crippen molar-refractivity contribution in [2.45, 2.75) is 26.3 Å². The number of carbonyl (C=O) groups is 1. The number of nitrogens with zero attached hydrogens (tertiary/aromatic N) is 3. The Morgan fingerprint density at radius 1 is 1.04 bits per heavy atom. The SMILES string of the molecule is Cc1cc(N2CCCC2)nc(CNC(=O)c2ccc3ccccc3c2)n1. The fraction of sp³-hybridized carbons (Fsp3) is 0.286. The van der Waals surface area contributed by atoms with Crippen LogP contribution in [0.5, 0.6) is 0 Å². The molecule has 2 heterocycles. The Hall–Kier alpha value is -2.95. The van der Waals surface area contributed by atoms with Gasteiger partial charge in [-0.25, -0.2) is 9.97 Å². The first kappa shape index (κ1) is 16.5. The number of benzene rings is 2. The monoisotopic (exact) mass is 346 g/mol. The number of carbonyl (C=O) groups excluding carboxylic acids is 1. The molecule has 1 amide bonds. The van der Waals surface area contributed by atoms with E-state index in [0.717, 1.165) is 35.4 Å². The van der Waals surface area contributed by atoms with Gasteiger partial charge in [0.15, 0.2) is 0 Å². The second-order valence-corrected chi connectivity index (χ2v) is 6.72. The molecule has 26 heavy (non-hydrogen) atoms. The predicted octanol–water partition coefficient (Wildman–Crippen LogP) is 3.47. The van der Waals surface area contributed by atoms with E-state index in [1.807, 2.05) is 55.5 Å². The largest absolute Gasteiger partial charge is 0.357 e. The van der Waals surface area contributed by atoms with Gasteiger partial charge in [-0.05, 0) is 42.7 Å². The van der Waals surface area contributed by atoms with Crippen LogP contribution in [0.3, 0.4) is 0 Å². The molecule has 5 heteroatoms. The van der Waals surface area contributed by atoms with Crippen molar-refractivity contribution in [2.24, 2.45) is 0 Å². The van der Waals surface area contributed by atoms with Crippen LogP contribution >= 0.6 is 0 Å². The van der Waals surface area contributed by atoms with Gasteiger partial charge in [-0.1, -0.05) is 30.3 Å². The van der Waals surface area contributed by atoms with Gasteiger partial charge in [0, 0.05) is 30.4 Å². The molecule has 1 aliphatic heterocycles. The zero-order valence-electron chi connectivity index (χ0n) is 14.9. The van der Waals surface area contributed by atoms with E-state index in [2.05, 4.69) is 20.2 Å². The highest BCUT2D eigenvalue weighted by Crippen LogP contribution is 2.19. The van der Waals surface area contributed by atoms with Crippen molar-refractivity contribution >= 4 is 22.5 Å². The van der Waals surface area contributed by atoms with Gasteiger partial charge in [-0.3, -0.25) is 4.79 Å². The summed E-state index contributed by atoms with van der Waals surface area (Å²) in [6.07, 6.45) is 2.41. The Balaban J connectivity index is 1.48. The number of nitrogens with one attached hydrogen (secondary N) is 1. The third kappa shape index (κ3) is 3.52. The number of aromatic nitrogens is 2. The molecular formula is C21H22N4O. The average Bonchev–Trinajstić information content (AvgIpc) is 3.20. The number of amides is 1. The quantitative estimate of drug-likeness (QED) is 0.786. The smallest absolute Gasteiger partial charge is 0.251 e. The molecule has 132 valence electrons. The third-order valence-electron chi connectivity index (χ3n) is 4.74. The number of aryl methyl sites for hydroxylation is 1. The molecule has 1 aliphatic rings. The molecule has 0 bridgehead atoms. The van der Waals surface area contributed by atoms with E-state index in [9.17, 15) is 4.79 Å². The van der Waals surface area contributed by atoms with Crippen LogP contribution in [0.2, 0.25) is 0 Å². The normalized spacial score (nSPS) is 14.0. The summed E-state index contributed by atoms with van der Waals surface area (Å²) in [5.41, 5.74) is 1.58. The summed E-state index contributed by atoms with van der Waals surface area (Å²) in [6.45, 7) is 4.38. The molecule has 0 unspecified atom stereocenters. The minimum atomic E-state index is -0.108. The van der Waals surface area contributed by atoms with Crippen molar-refractivity contribution in [3.8, 4) is 0 Å². The molecule has 0 spiro atoms. The number of rotatable bonds is 4. The topological polar surface area (TPSA) is 58.1 Å². The van der Waals surface area contributed by atoms with E-state index in [1.54, 1.807) is 0 Å². The average molecular weight is 346 g/mol. The summed E-state index contributed by atoms with van der Waals surface area (Å²) >= 11 is 0. The van der Waals surface area contributed by atoms with Gasteiger partial charge in [0.25, 0.3) is 5.91 Å². The number of anilines is 1. The molecule has 1 fully saturated rings. The summed E-state index contributed by atoms with van der Waals surface area (Å²) in [7, 11) is 0. The molecule has 0 aliphatic carbocycles. The van der Waals surface area contributed by atoms with Crippen molar-refractivity contribution in [3.63, 3.8) is 0 Å². The summed E-state index contributed by atoms with van der Waals surface area (Å²) in [4.78, 5) is 23.9. The lowest BCUT2D eigenvalue weighted by molar-refractivity contribution is 0.0950. The minimum absolute atomic E-state index is 0.108. The minimum Gasteiger partial charge on any atom is -0.357 e. The van der Waals surface area contributed by atoms with Gasteiger partial charge >= 0.3 is 0 Å². The molecule has 3 aromatic rings. The van der Waals surface area contributed by atoms with Crippen LogP contribution in [-0.2, 0) is 6.54 Å². The molecule has 2 aromatic carbocycles. The van der Waals surface area contributed by atoms with Gasteiger partial charge < -0.3 is 10.2 Å². The van der Waals surface area contributed by atoms with Crippen molar-refractivity contribution in [3.05, 3.63) is 65.6 Å². The Morgan fingerprint density at radius 2 is 1.81 bits per heavy atom. The zero-order valence-corrected chi connectivity index (χ0v) is 14.9. The molecule has 0 radical (unpaired) electrons. The third-order valence-corrected chi connectivity index (χ3v) is 4.74. The second kappa shape index (κ2) is 7.12. The van der Waals surface area contributed by atoms with Crippen molar-refractivity contribution < 1.29 is 4.79 Å². The summed E-state index contributed by atoms with van der Waals surface area (Å²) in [5.74, 6) is 1.51. The Labute approximate surface area is 153 Å². The van der Waals surface area contributed by atoms with Crippen LogP contribution in [0.25, 0.3) is 10.8 Å². The van der Waals surface area contributed by atoms with Crippen LogP contribution < -0.4 is 10.2 Å². The van der Waals surface area contributed by atoms with Crippen molar-refractivity contribution in [2.75, 3.05) is 18.0 Å². The summed E-state index contributed by atoms with van der Waals surface area (Å²) < 4.78 is 0. The highest BCUT2D eigenvalue weighted by atomic mass is 16.1. The number of hydrogen-bond donors (Lipinski definition) is 1. The Bertz CT molecular complexity index is 948. The van der Waals surface area contributed by atoms with Gasteiger partial charge in [-0.15, -0.1) is 0 Å². The first-order valence-corrected chi connectivity index (χ1v) is 9.05. The highest BCUT2D eigenvalue weighted by Gasteiger charge is 2.15. The lowest BCUT2D eigenvalue weighted by Crippen LogP contribution is -2.25. The molecule has 1 N–H and O–H groups in total. The van der Waals surface area contributed by atoms with E-state index < -0.39 is 0 Å². The summed E-state index contributed by atoms with van der Waals surface area (Å²) in [6, 6.07) is 15.8. The Kier molecular flexibility index (Phi) is 4.52. The van der Waals surface area contributed by atoms with Crippen LogP contribution in [-0.4, -0.2) is 29.0 Å². The lowest BCUT2D eigenvalue weighted by Gasteiger charge is -2.17. The van der Waals surface area contributed by atoms with E-state index >= 15 is 0 Å². The van der Waals surface area contributed by atoms with E-state index in [1.165, 1.54) is 12.8 Å². The predicted molar refractivity (Wildman–Crippen MR) is 103 cm³/mol. The lowest BCUT2D eigenvalue weighted by atomic mass is 10.1. The maximum atomic E-state index is 12.5. The fourth-order valence-electron chi connectivity index (χ4n) is 3.39. The van der Waals surface area contributed by atoms with Gasteiger partial charge in [0.2, 0.25) is 0 Å². The molecule has 0 atom stereocenters. The van der Waals surface area contributed by atoms with E-state index in [0.29, 0.717) is 17.9 Å². The van der Waals surface area contributed by atoms with Crippen LogP contribution in [0.1, 0.15) is 34.7 Å². The van der Waals surface area contributed by atoms with Gasteiger partial charge in [0.05, 0.1) is 6.54 Å². The van der Waals surface area contributed by atoms with E-state index in [-0.39, 0.29) is 5.91 Å². The maximum Gasteiger partial charge on any atom is 0.251 e. The van der Waals surface area contributed by atoms with Crippen LogP contribution in [0.15, 0.2) is 48.5 Å². The first-order valence-electron chi connectivity index (χ1n) is 9.05. The molecule has 4 rings (SSSR count). The zero-order chi connectivity index (χ0) is 17.9. The molecule has 5 nitrogen and oxygen atoms in total. The first-order chi connectivity index (χ1) is 12.7. The molecular weight excluding hydrogens is 324 g/mol. The van der Waals surface area contributed by atoms with Crippen LogP contribution in [0, 0.1) is 6.92 Å². The Morgan fingerprint density at radius 3 is 2.62 bits per heavy atom. The number of hydrogen-bond acceptors (Lipinski definition) is 4. The molecule has 0 saturated carbocycles. The highest BCUT2D eigenvalue weighted by molar-refractivity contribution is 5.98.